The first-order valence-corrected chi connectivity index (χ1v) is 6.95. The van der Waals surface area contributed by atoms with E-state index in [-0.39, 0.29) is 5.78 Å². The van der Waals surface area contributed by atoms with Gasteiger partial charge >= 0.3 is 0 Å². The van der Waals surface area contributed by atoms with Crippen LogP contribution < -0.4 is 4.74 Å². The van der Waals surface area contributed by atoms with Crippen LogP contribution in [0.2, 0.25) is 10.0 Å². The fraction of sp³-hybridized carbons (Fsp3) is 0.0714. The number of ether oxygens (including phenoxy) is 1. The smallest absolute Gasteiger partial charge is 0.160 e. The number of hydrogen-bond donors (Lipinski definition) is 0. The summed E-state index contributed by atoms with van der Waals surface area (Å²) in [6.45, 7) is 1.51. The highest BCUT2D eigenvalue weighted by molar-refractivity contribution is 9.10. The number of hydrogen-bond acceptors (Lipinski definition) is 2. The topological polar surface area (TPSA) is 26.3 Å². The number of benzene rings is 2. The van der Waals surface area contributed by atoms with Crippen molar-refractivity contribution in [2.45, 2.75) is 6.92 Å². The molecule has 0 amide bonds. The molecule has 0 unspecified atom stereocenters. The Balaban J connectivity index is 2.31. The first-order valence-electron chi connectivity index (χ1n) is 5.41. The van der Waals surface area contributed by atoms with E-state index in [4.69, 9.17) is 27.9 Å². The molecule has 0 saturated carbocycles. The maximum Gasteiger partial charge on any atom is 0.160 e. The summed E-state index contributed by atoms with van der Waals surface area (Å²) < 4.78 is 6.32. The van der Waals surface area contributed by atoms with Gasteiger partial charge in [-0.1, -0.05) is 23.2 Å². The Hall–Kier alpha value is -1.03. The molecule has 0 radical (unpaired) electrons. The third-order valence-electron chi connectivity index (χ3n) is 2.44. The van der Waals surface area contributed by atoms with Crippen molar-refractivity contribution in [3.8, 4) is 11.5 Å². The van der Waals surface area contributed by atoms with Crippen LogP contribution in [0, 0.1) is 0 Å². The van der Waals surface area contributed by atoms with Crippen LogP contribution in [0.1, 0.15) is 17.3 Å². The van der Waals surface area contributed by atoms with E-state index in [1.807, 2.05) is 0 Å². The lowest BCUT2D eigenvalue weighted by molar-refractivity contribution is 0.101. The number of carbonyl (C=O) groups excluding carboxylic acids is 1. The standard InChI is InChI=1S/C14H9BrCl2O2/c1-8(18)11-4-3-10(7-12(11)15)19-14-6-9(16)2-5-13(14)17/h2-7H,1H3. The van der Waals surface area contributed by atoms with Crippen LogP contribution in [0.15, 0.2) is 40.9 Å². The first-order chi connectivity index (χ1) is 8.97. The van der Waals surface area contributed by atoms with Crippen molar-refractivity contribution < 1.29 is 9.53 Å². The number of Topliss-reactive ketones (excluding diaryl/α,β-unsaturated/α-hetero) is 1. The highest BCUT2D eigenvalue weighted by Crippen LogP contribution is 2.33. The van der Waals surface area contributed by atoms with Crippen LogP contribution in [0.3, 0.4) is 0 Å². The molecular weight excluding hydrogens is 351 g/mol. The van der Waals surface area contributed by atoms with Crippen molar-refractivity contribution in [2.75, 3.05) is 0 Å². The molecule has 2 aromatic rings. The Morgan fingerprint density at radius 1 is 1.16 bits per heavy atom. The molecule has 0 aliphatic heterocycles. The van der Waals surface area contributed by atoms with Gasteiger partial charge in [-0.15, -0.1) is 0 Å². The van der Waals surface area contributed by atoms with Gasteiger partial charge in [0.25, 0.3) is 0 Å². The molecule has 0 N–H and O–H groups in total. The summed E-state index contributed by atoms with van der Waals surface area (Å²) in [6, 6.07) is 10.1. The quantitative estimate of drug-likeness (QED) is 0.652. The van der Waals surface area contributed by atoms with Gasteiger partial charge in [-0.25, -0.2) is 0 Å². The molecule has 2 nitrogen and oxygen atoms in total. The third kappa shape index (κ3) is 3.50. The Bertz CT molecular complexity index is 641. The Kier molecular flexibility index (Phi) is 4.50. The lowest BCUT2D eigenvalue weighted by Crippen LogP contribution is -1.94. The Labute approximate surface area is 129 Å². The van der Waals surface area contributed by atoms with Crippen LogP contribution in [0.4, 0.5) is 0 Å². The summed E-state index contributed by atoms with van der Waals surface area (Å²) in [4.78, 5) is 11.3. The van der Waals surface area contributed by atoms with Gasteiger partial charge in [0.2, 0.25) is 0 Å². The van der Waals surface area contributed by atoms with Crippen LogP contribution in [0.5, 0.6) is 11.5 Å². The molecule has 0 heterocycles. The molecule has 2 aromatic carbocycles. The average molecular weight is 360 g/mol. The molecule has 0 fully saturated rings. The van der Waals surface area contributed by atoms with E-state index in [1.165, 1.54) is 6.92 Å². The second-order valence-corrected chi connectivity index (χ2v) is 5.57. The van der Waals surface area contributed by atoms with Gasteiger partial charge in [0.1, 0.15) is 11.5 Å². The van der Waals surface area contributed by atoms with E-state index in [0.29, 0.717) is 31.6 Å². The van der Waals surface area contributed by atoms with Gasteiger partial charge in [-0.2, -0.15) is 0 Å². The van der Waals surface area contributed by atoms with Crippen LogP contribution in [-0.2, 0) is 0 Å². The molecule has 0 bridgehead atoms. The van der Waals surface area contributed by atoms with Crippen molar-refractivity contribution in [1.29, 1.82) is 0 Å². The Morgan fingerprint density at radius 2 is 1.89 bits per heavy atom. The summed E-state index contributed by atoms with van der Waals surface area (Å²) in [5.74, 6) is 1.02. The molecule has 0 aliphatic rings. The van der Waals surface area contributed by atoms with Crippen LogP contribution in [0.25, 0.3) is 0 Å². The zero-order valence-corrected chi connectivity index (χ0v) is 13.0. The fourth-order valence-corrected chi connectivity index (χ4v) is 2.48. The summed E-state index contributed by atoms with van der Waals surface area (Å²) in [5, 5.41) is 1.01. The van der Waals surface area contributed by atoms with E-state index < -0.39 is 0 Å². The van der Waals surface area contributed by atoms with Crippen LogP contribution >= 0.6 is 39.1 Å². The first kappa shape index (κ1) is 14.4. The predicted octanol–water partition coefficient (Wildman–Crippen LogP) is 5.75. The molecule has 0 saturated heterocycles. The summed E-state index contributed by atoms with van der Waals surface area (Å²) in [5.41, 5.74) is 0.601. The van der Waals surface area contributed by atoms with Crippen molar-refractivity contribution in [1.82, 2.24) is 0 Å². The molecule has 2 rings (SSSR count). The average Bonchev–Trinajstić information content (AvgIpc) is 2.33. The van der Waals surface area contributed by atoms with Gasteiger partial charge in [0, 0.05) is 21.1 Å². The second-order valence-electron chi connectivity index (χ2n) is 3.87. The SMILES string of the molecule is CC(=O)c1ccc(Oc2cc(Cl)ccc2Cl)cc1Br. The molecule has 98 valence electrons. The van der Waals surface area contributed by atoms with Crippen molar-refractivity contribution >= 4 is 44.9 Å². The van der Waals surface area contributed by atoms with Crippen molar-refractivity contribution in [2.24, 2.45) is 0 Å². The zero-order chi connectivity index (χ0) is 14.0. The maximum atomic E-state index is 11.3. The van der Waals surface area contributed by atoms with Gasteiger partial charge in [0.15, 0.2) is 5.78 Å². The van der Waals surface area contributed by atoms with Gasteiger partial charge in [0.05, 0.1) is 5.02 Å². The minimum Gasteiger partial charge on any atom is -0.456 e. The van der Waals surface area contributed by atoms with Crippen LogP contribution in [-0.4, -0.2) is 5.78 Å². The maximum absolute atomic E-state index is 11.3. The minimum atomic E-state index is -0.0146. The lowest BCUT2D eigenvalue weighted by Gasteiger charge is -2.09. The Morgan fingerprint density at radius 3 is 2.53 bits per heavy atom. The molecular formula is C14H9BrCl2O2. The lowest BCUT2D eigenvalue weighted by atomic mass is 10.1. The monoisotopic (exact) mass is 358 g/mol. The molecule has 5 heteroatoms. The highest BCUT2D eigenvalue weighted by Gasteiger charge is 2.09. The highest BCUT2D eigenvalue weighted by atomic mass is 79.9. The molecule has 0 aromatic heterocycles. The van der Waals surface area contributed by atoms with Crippen molar-refractivity contribution in [3.63, 3.8) is 0 Å². The van der Waals surface area contributed by atoms with E-state index in [0.717, 1.165) is 0 Å². The normalized spacial score (nSPS) is 10.3. The van der Waals surface area contributed by atoms with E-state index >= 15 is 0 Å². The van der Waals surface area contributed by atoms with E-state index in [1.54, 1.807) is 36.4 Å². The molecule has 0 aliphatic carbocycles. The predicted molar refractivity (Wildman–Crippen MR) is 80.7 cm³/mol. The number of halogens is 3. The van der Waals surface area contributed by atoms with Gasteiger partial charge < -0.3 is 4.74 Å². The second kappa shape index (κ2) is 5.95. The summed E-state index contributed by atoms with van der Waals surface area (Å²) in [6.07, 6.45) is 0. The van der Waals surface area contributed by atoms with Gasteiger partial charge in [-0.3, -0.25) is 4.79 Å². The third-order valence-corrected chi connectivity index (χ3v) is 3.64. The van der Waals surface area contributed by atoms with Gasteiger partial charge in [-0.05, 0) is 53.2 Å². The van der Waals surface area contributed by atoms with E-state index in [2.05, 4.69) is 15.9 Å². The minimum absolute atomic E-state index is 0.0146. The largest absolute Gasteiger partial charge is 0.456 e. The zero-order valence-electron chi connectivity index (χ0n) is 9.91. The summed E-state index contributed by atoms with van der Waals surface area (Å²) >= 11 is 15.2. The number of ketones is 1. The van der Waals surface area contributed by atoms with E-state index in [9.17, 15) is 4.79 Å². The van der Waals surface area contributed by atoms with Crippen molar-refractivity contribution in [3.05, 3.63) is 56.5 Å². The number of rotatable bonds is 3. The summed E-state index contributed by atoms with van der Waals surface area (Å²) in [7, 11) is 0. The number of carbonyl (C=O) groups is 1. The molecule has 0 atom stereocenters. The molecule has 19 heavy (non-hydrogen) atoms. The fourth-order valence-electron chi connectivity index (χ4n) is 1.53. The molecule has 0 spiro atoms.